The molecule has 2 rings (SSSR count). The van der Waals surface area contributed by atoms with Gasteiger partial charge in [-0.1, -0.05) is 54.9 Å². The highest BCUT2D eigenvalue weighted by molar-refractivity contribution is 6.30. The highest BCUT2D eigenvalue weighted by Crippen LogP contribution is 2.23. The molecule has 0 heterocycles. The van der Waals surface area contributed by atoms with Crippen LogP contribution in [0.4, 0.5) is 0 Å². The molecule has 0 fully saturated rings. The van der Waals surface area contributed by atoms with E-state index < -0.39 is 6.10 Å². The molecule has 0 bridgehead atoms. The molecule has 0 aliphatic carbocycles. The predicted molar refractivity (Wildman–Crippen MR) is 71.3 cm³/mol. The first-order valence-corrected chi connectivity index (χ1v) is 6.11. The molecule has 2 heteroatoms. The van der Waals surface area contributed by atoms with E-state index in [1.165, 1.54) is 5.56 Å². The van der Waals surface area contributed by atoms with Gasteiger partial charge in [-0.25, -0.2) is 0 Å². The van der Waals surface area contributed by atoms with E-state index in [0.29, 0.717) is 5.02 Å². The van der Waals surface area contributed by atoms with E-state index in [2.05, 4.69) is 19.1 Å². The number of aliphatic hydroxyl groups excluding tert-OH is 1. The summed E-state index contributed by atoms with van der Waals surface area (Å²) in [5, 5.41) is 10.9. The Morgan fingerprint density at radius 3 is 1.88 bits per heavy atom. The smallest absolute Gasteiger partial charge is 0.104 e. The second-order valence-corrected chi connectivity index (χ2v) is 4.49. The fourth-order valence-electron chi connectivity index (χ4n) is 1.77. The van der Waals surface area contributed by atoms with Crippen molar-refractivity contribution in [3.8, 4) is 0 Å². The lowest BCUT2D eigenvalue weighted by atomic mass is 10.00. The molecule has 1 N–H and O–H groups in total. The van der Waals surface area contributed by atoms with E-state index in [9.17, 15) is 5.11 Å². The Morgan fingerprint density at radius 1 is 0.941 bits per heavy atom. The van der Waals surface area contributed by atoms with Crippen LogP contribution in [-0.4, -0.2) is 5.11 Å². The van der Waals surface area contributed by atoms with Crippen LogP contribution in [-0.2, 0) is 6.42 Å². The van der Waals surface area contributed by atoms with Crippen molar-refractivity contribution >= 4 is 11.6 Å². The van der Waals surface area contributed by atoms with Crippen molar-refractivity contribution in [3.63, 3.8) is 0 Å². The van der Waals surface area contributed by atoms with Gasteiger partial charge >= 0.3 is 0 Å². The monoisotopic (exact) mass is 246 g/mol. The van der Waals surface area contributed by atoms with Crippen molar-refractivity contribution in [2.24, 2.45) is 0 Å². The third kappa shape index (κ3) is 2.87. The zero-order valence-electron chi connectivity index (χ0n) is 9.73. The molecule has 0 amide bonds. The van der Waals surface area contributed by atoms with Crippen molar-refractivity contribution in [1.82, 2.24) is 0 Å². The van der Waals surface area contributed by atoms with Gasteiger partial charge in [-0.3, -0.25) is 0 Å². The molecule has 0 aliphatic rings. The molecule has 0 spiro atoms. The molecule has 0 radical (unpaired) electrons. The first-order valence-electron chi connectivity index (χ1n) is 5.73. The summed E-state index contributed by atoms with van der Waals surface area (Å²) in [7, 11) is 0. The molecule has 2 aromatic carbocycles. The van der Waals surface area contributed by atoms with E-state index in [4.69, 9.17) is 11.6 Å². The van der Waals surface area contributed by atoms with Gasteiger partial charge in [-0.05, 0) is 35.2 Å². The number of aryl methyl sites for hydroxylation is 1. The standard InChI is InChI=1S/C15H15ClO/c1-2-11-3-5-12(6-4-11)15(17)13-7-9-14(16)10-8-13/h3-10,15,17H,2H2,1H3/t15-/m0/s1. The number of hydrogen-bond donors (Lipinski definition) is 1. The Bertz CT molecular complexity index is 473. The molecule has 1 nitrogen and oxygen atoms in total. The minimum Gasteiger partial charge on any atom is -0.384 e. The highest BCUT2D eigenvalue weighted by Gasteiger charge is 2.09. The van der Waals surface area contributed by atoms with Gasteiger partial charge in [-0.15, -0.1) is 0 Å². The maximum absolute atomic E-state index is 10.2. The summed E-state index contributed by atoms with van der Waals surface area (Å²) in [5.41, 5.74) is 3.04. The second-order valence-electron chi connectivity index (χ2n) is 4.05. The Hall–Kier alpha value is -1.31. The highest BCUT2D eigenvalue weighted by atomic mass is 35.5. The van der Waals surface area contributed by atoms with Crippen molar-refractivity contribution in [3.05, 3.63) is 70.2 Å². The number of rotatable bonds is 3. The van der Waals surface area contributed by atoms with Crippen LogP contribution < -0.4 is 0 Å². The first kappa shape index (κ1) is 12.2. The molecule has 0 aliphatic heterocycles. The summed E-state index contributed by atoms with van der Waals surface area (Å²) >= 11 is 5.82. The molecular weight excluding hydrogens is 232 g/mol. The van der Waals surface area contributed by atoms with Gasteiger partial charge in [0, 0.05) is 5.02 Å². The van der Waals surface area contributed by atoms with Crippen molar-refractivity contribution < 1.29 is 5.11 Å². The average Bonchev–Trinajstić information content (AvgIpc) is 2.39. The number of hydrogen-bond acceptors (Lipinski definition) is 1. The normalized spacial score (nSPS) is 12.4. The molecule has 1 atom stereocenters. The van der Waals surface area contributed by atoms with E-state index in [0.717, 1.165) is 17.5 Å². The number of halogens is 1. The van der Waals surface area contributed by atoms with Crippen molar-refractivity contribution in [2.45, 2.75) is 19.4 Å². The van der Waals surface area contributed by atoms with Crippen LogP contribution in [0.3, 0.4) is 0 Å². The van der Waals surface area contributed by atoms with E-state index >= 15 is 0 Å². The first-order chi connectivity index (χ1) is 8.20. The Morgan fingerprint density at radius 2 is 1.41 bits per heavy atom. The summed E-state index contributed by atoms with van der Waals surface area (Å²) in [6.45, 7) is 2.12. The summed E-state index contributed by atoms with van der Waals surface area (Å²) in [5.74, 6) is 0. The fourth-order valence-corrected chi connectivity index (χ4v) is 1.90. The number of aliphatic hydroxyl groups is 1. The van der Waals surface area contributed by atoms with Crippen LogP contribution in [0.25, 0.3) is 0 Å². The van der Waals surface area contributed by atoms with Gasteiger partial charge in [0.1, 0.15) is 6.10 Å². The summed E-state index contributed by atoms with van der Waals surface area (Å²) in [6, 6.07) is 15.3. The minimum absolute atomic E-state index is 0.585. The molecule has 0 saturated carbocycles. The summed E-state index contributed by atoms with van der Waals surface area (Å²) in [6.07, 6.45) is 0.426. The molecule has 17 heavy (non-hydrogen) atoms. The Balaban J connectivity index is 2.23. The maximum atomic E-state index is 10.2. The van der Waals surface area contributed by atoms with Crippen LogP contribution in [0.5, 0.6) is 0 Å². The third-order valence-electron chi connectivity index (χ3n) is 2.89. The quantitative estimate of drug-likeness (QED) is 0.869. The average molecular weight is 247 g/mol. The Labute approximate surface area is 107 Å². The van der Waals surface area contributed by atoms with Gasteiger partial charge in [-0.2, -0.15) is 0 Å². The summed E-state index contributed by atoms with van der Waals surface area (Å²) < 4.78 is 0. The lowest BCUT2D eigenvalue weighted by Gasteiger charge is -2.12. The topological polar surface area (TPSA) is 20.2 Å². The number of benzene rings is 2. The van der Waals surface area contributed by atoms with Crippen molar-refractivity contribution in [2.75, 3.05) is 0 Å². The third-order valence-corrected chi connectivity index (χ3v) is 3.14. The molecule has 2 aromatic rings. The maximum Gasteiger partial charge on any atom is 0.104 e. The molecule has 0 unspecified atom stereocenters. The van der Waals surface area contributed by atoms with E-state index in [1.54, 1.807) is 12.1 Å². The second kappa shape index (κ2) is 5.35. The lowest BCUT2D eigenvalue weighted by molar-refractivity contribution is 0.220. The molecular formula is C15H15ClO. The van der Waals surface area contributed by atoms with Gasteiger partial charge in [0.25, 0.3) is 0 Å². The SMILES string of the molecule is CCc1ccc([C@H](O)c2ccc(Cl)cc2)cc1. The van der Waals surface area contributed by atoms with Crippen molar-refractivity contribution in [1.29, 1.82) is 0 Å². The van der Waals surface area contributed by atoms with Crippen LogP contribution >= 0.6 is 11.6 Å². The van der Waals surface area contributed by atoms with E-state index in [1.807, 2.05) is 24.3 Å². The van der Waals surface area contributed by atoms with Gasteiger partial charge in [0.05, 0.1) is 0 Å². The van der Waals surface area contributed by atoms with E-state index in [-0.39, 0.29) is 0 Å². The summed E-state index contributed by atoms with van der Waals surface area (Å²) in [4.78, 5) is 0. The van der Waals surface area contributed by atoms with Gasteiger partial charge < -0.3 is 5.11 Å². The lowest BCUT2D eigenvalue weighted by Crippen LogP contribution is -1.99. The predicted octanol–water partition coefficient (Wildman–Crippen LogP) is 3.98. The van der Waals surface area contributed by atoms with Crippen LogP contribution in [0.2, 0.25) is 5.02 Å². The fraction of sp³-hybridized carbons (Fsp3) is 0.200. The molecule has 0 saturated heterocycles. The van der Waals surface area contributed by atoms with Gasteiger partial charge in [0.15, 0.2) is 0 Å². The van der Waals surface area contributed by atoms with Crippen LogP contribution in [0.15, 0.2) is 48.5 Å². The molecule has 0 aromatic heterocycles. The van der Waals surface area contributed by atoms with Crippen LogP contribution in [0.1, 0.15) is 29.7 Å². The largest absolute Gasteiger partial charge is 0.384 e. The van der Waals surface area contributed by atoms with Crippen LogP contribution in [0, 0.1) is 0 Å². The Kier molecular flexibility index (Phi) is 3.82. The molecule has 88 valence electrons. The zero-order valence-corrected chi connectivity index (χ0v) is 10.5. The van der Waals surface area contributed by atoms with Gasteiger partial charge in [0.2, 0.25) is 0 Å². The minimum atomic E-state index is -0.585. The zero-order chi connectivity index (χ0) is 12.3.